The van der Waals surface area contributed by atoms with Crippen LogP contribution in [0.1, 0.15) is 57.2 Å². The highest BCUT2D eigenvalue weighted by Crippen LogP contribution is 2.26. The van der Waals surface area contributed by atoms with Gasteiger partial charge in [-0.05, 0) is 52.0 Å². The van der Waals surface area contributed by atoms with Gasteiger partial charge in [0.15, 0.2) is 0 Å². The third-order valence-corrected chi connectivity index (χ3v) is 3.33. The first-order valence-corrected chi connectivity index (χ1v) is 7.02. The summed E-state index contributed by atoms with van der Waals surface area (Å²) in [4.78, 5) is 0. The van der Waals surface area contributed by atoms with Crippen LogP contribution in [0.15, 0.2) is 18.2 Å². The summed E-state index contributed by atoms with van der Waals surface area (Å²) in [7, 11) is 0. The molecule has 0 aliphatic carbocycles. The van der Waals surface area contributed by atoms with Gasteiger partial charge >= 0.3 is 0 Å². The van der Waals surface area contributed by atoms with E-state index >= 15 is 0 Å². The second kappa shape index (κ2) is 5.88. The zero-order valence-corrected chi connectivity index (χ0v) is 13.1. The topological polar surface area (TPSA) is 12.0 Å². The maximum absolute atomic E-state index is 3.64. The SMILES string of the molecule is Cc1cc(C)cc(C(CNC(C)(C)C)C(C)C)c1. The predicted molar refractivity (Wildman–Crippen MR) is 81.3 cm³/mol. The van der Waals surface area contributed by atoms with Gasteiger partial charge < -0.3 is 5.32 Å². The van der Waals surface area contributed by atoms with Crippen molar-refractivity contribution in [2.24, 2.45) is 5.92 Å². The molecule has 1 aromatic rings. The van der Waals surface area contributed by atoms with Gasteiger partial charge in [-0.2, -0.15) is 0 Å². The van der Waals surface area contributed by atoms with Crippen LogP contribution in [-0.4, -0.2) is 12.1 Å². The van der Waals surface area contributed by atoms with Gasteiger partial charge in [0, 0.05) is 12.1 Å². The second-order valence-electron chi connectivity index (χ2n) is 6.90. The minimum absolute atomic E-state index is 0.187. The van der Waals surface area contributed by atoms with Crippen LogP contribution in [-0.2, 0) is 0 Å². The Bertz CT molecular complexity index is 365. The molecule has 0 aliphatic heterocycles. The highest BCUT2D eigenvalue weighted by molar-refractivity contribution is 5.31. The summed E-state index contributed by atoms with van der Waals surface area (Å²) in [5, 5.41) is 3.64. The zero-order valence-electron chi connectivity index (χ0n) is 13.1. The van der Waals surface area contributed by atoms with Gasteiger partial charge in [-0.1, -0.05) is 43.2 Å². The first-order valence-electron chi connectivity index (χ1n) is 7.02. The molecule has 0 saturated carbocycles. The summed E-state index contributed by atoms with van der Waals surface area (Å²) in [5.41, 5.74) is 4.39. The Morgan fingerprint density at radius 2 is 1.50 bits per heavy atom. The molecule has 0 heterocycles. The molecular weight excluding hydrogens is 218 g/mol. The molecule has 0 radical (unpaired) electrons. The molecule has 0 aromatic heterocycles. The van der Waals surface area contributed by atoms with Gasteiger partial charge in [0.2, 0.25) is 0 Å². The number of benzene rings is 1. The Hall–Kier alpha value is -0.820. The second-order valence-corrected chi connectivity index (χ2v) is 6.90. The maximum atomic E-state index is 3.64. The van der Waals surface area contributed by atoms with Crippen LogP contribution in [0, 0.1) is 19.8 Å². The summed E-state index contributed by atoms with van der Waals surface area (Å²) < 4.78 is 0. The predicted octanol–water partition coefficient (Wildman–Crippen LogP) is 4.43. The van der Waals surface area contributed by atoms with E-state index in [9.17, 15) is 0 Å². The fourth-order valence-corrected chi connectivity index (χ4v) is 2.38. The van der Waals surface area contributed by atoms with Crippen molar-refractivity contribution in [3.8, 4) is 0 Å². The smallest absolute Gasteiger partial charge is 0.00967 e. The number of nitrogens with one attached hydrogen (secondary N) is 1. The Kier molecular flexibility index (Phi) is 4.98. The van der Waals surface area contributed by atoms with E-state index in [1.807, 2.05) is 0 Å². The Balaban J connectivity index is 2.90. The van der Waals surface area contributed by atoms with E-state index in [0.717, 1.165) is 6.54 Å². The van der Waals surface area contributed by atoms with E-state index in [-0.39, 0.29) is 5.54 Å². The highest BCUT2D eigenvalue weighted by atomic mass is 14.9. The van der Waals surface area contributed by atoms with Crippen molar-refractivity contribution in [3.63, 3.8) is 0 Å². The maximum Gasteiger partial charge on any atom is 0.00967 e. The van der Waals surface area contributed by atoms with Crippen molar-refractivity contribution in [2.45, 2.75) is 59.9 Å². The first kappa shape index (κ1) is 15.2. The van der Waals surface area contributed by atoms with Crippen molar-refractivity contribution < 1.29 is 0 Å². The molecule has 102 valence electrons. The lowest BCUT2D eigenvalue weighted by Crippen LogP contribution is -2.39. The van der Waals surface area contributed by atoms with Gasteiger partial charge in [0.05, 0.1) is 0 Å². The van der Waals surface area contributed by atoms with Gasteiger partial charge in [0.25, 0.3) is 0 Å². The minimum atomic E-state index is 0.187. The lowest BCUT2D eigenvalue weighted by atomic mass is 9.86. The van der Waals surface area contributed by atoms with Crippen molar-refractivity contribution in [1.82, 2.24) is 5.32 Å². The van der Waals surface area contributed by atoms with Gasteiger partial charge in [-0.3, -0.25) is 0 Å². The third-order valence-electron chi connectivity index (χ3n) is 3.33. The molecule has 1 nitrogen and oxygen atoms in total. The van der Waals surface area contributed by atoms with E-state index in [4.69, 9.17) is 0 Å². The number of rotatable bonds is 4. The van der Waals surface area contributed by atoms with Crippen molar-refractivity contribution in [3.05, 3.63) is 34.9 Å². The van der Waals surface area contributed by atoms with E-state index in [1.165, 1.54) is 16.7 Å². The largest absolute Gasteiger partial charge is 0.311 e. The Morgan fingerprint density at radius 1 is 1.00 bits per heavy atom. The van der Waals surface area contributed by atoms with Crippen molar-refractivity contribution in [1.29, 1.82) is 0 Å². The molecule has 1 unspecified atom stereocenters. The Labute approximate surface area is 113 Å². The Morgan fingerprint density at radius 3 is 1.89 bits per heavy atom. The average Bonchev–Trinajstić information content (AvgIpc) is 2.13. The molecule has 1 heteroatoms. The molecule has 18 heavy (non-hydrogen) atoms. The van der Waals surface area contributed by atoms with Crippen molar-refractivity contribution >= 4 is 0 Å². The van der Waals surface area contributed by atoms with Crippen LogP contribution < -0.4 is 5.32 Å². The molecule has 0 spiro atoms. The number of hydrogen-bond donors (Lipinski definition) is 1. The zero-order chi connectivity index (χ0) is 13.9. The van der Waals surface area contributed by atoms with E-state index in [2.05, 4.69) is 72.0 Å². The third kappa shape index (κ3) is 4.81. The standard InChI is InChI=1S/C17H29N/c1-12(2)16(11-18-17(5,6)7)15-9-13(3)8-14(4)10-15/h8-10,12,16,18H,11H2,1-7H3. The normalized spacial score (nSPS) is 14.0. The summed E-state index contributed by atoms with van der Waals surface area (Å²) >= 11 is 0. The van der Waals surface area contributed by atoms with Crippen LogP contribution in [0.3, 0.4) is 0 Å². The summed E-state index contributed by atoms with van der Waals surface area (Å²) in [6.07, 6.45) is 0. The summed E-state index contributed by atoms with van der Waals surface area (Å²) in [5.74, 6) is 1.24. The van der Waals surface area contributed by atoms with Gasteiger partial charge in [-0.25, -0.2) is 0 Å². The first-order chi connectivity index (χ1) is 8.19. The quantitative estimate of drug-likeness (QED) is 0.830. The van der Waals surface area contributed by atoms with Crippen LogP contribution >= 0.6 is 0 Å². The van der Waals surface area contributed by atoms with Gasteiger partial charge in [-0.15, -0.1) is 0 Å². The monoisotopic (exact) mass is 247 g/mol. The van der Waals surface area contributed by atoms with E-state index in [0.29, 0.717) is 11.8 Å². The minimum Gasteiger partial charge on any atom is -0.311 e. The lowest BCUT2D eigenvalue weighted by molar-refractivity contribution is 0.372. The van der Waals surface area contributed by atoms with Crippen molar-refractivity contribution in [2.75, 3.05) is 6.54 Å². The summed E-state index contributed by atoms with van der Waals surface area (Å²) in [6, 6.07) is 6.92. The number of aryl methyl sites for hydroxylation is 2. The molecule has 0 aliphatic rings. The molecule has 0 saturated heterocycles. The molecule has 1 aromatic carbocycles. The molecule has 0 amide bonds. The summed E-state index contributed by atoms with van der Waals surface area (Å²) in [6.45, 7) is 16.7. The van der Waals surface area contributed by atoms with Crippen LogP contribution in [0.4, 0.5) is 0 Å². The fraction of sp³-hybridized carbons (Fsp3) is 0.647. The molecule has 1 atom stereocenters. The van der Waals surface area contributed by atoms with Crippen LogP contribution in [0.25, 0.3) is 0 Å². The average molecular weight is 247 g/mol. The van der Waals surface area contributed by atoms with Gasteiger partial charge in [0.1, 0.15) is 0 Å². The van der Waals surface area contributed by atoms with E-state index < -0.39 is 0 Å². The number of hydrogen-bond acceptors (Lipinski definition) is 1. The molecule has 1 rings (SSSR count). The fourth-order valence-electron chi connectivity index (χ4n) is 2.38. The van der Waals surface area contributed by atoms with Crippen LogP contribution in [0.5, 0.6) is 0 Å². The molecule has 1 N–H and O–H groups in total. The van der Waals surface area contributed by atoms with E-state index in [1.54, 1.807) is 0 Å². The molecule has 0 fully saturated rings. The molecular formula is C17H29N. The van der Waals surface area contributed by atoms with Crippen LogP contribution in [0.2, 0.25) is 0 Å². The highest BCUT2D eigenvalue weighted by Gasteiger charge is 2.19. The lowest BCUT2D eigenvalue weighted by Gasteiger charge is -2.28. The molecule has 0 bridgehead atoms.